The molecule has 1 aromatic carbocycles. The van der Waals surface area contributed by atoms with Gasteiger partial charge in [0.2, 0.25) is 15.9 Å². The Balaban J connectivity index is 2.64. The minimum Gasteiger partial charge on any atom is -0.354 e. The first-order valence-corrected chi connectivity index (χ1v) is 10.0. The molecule has 0 aliphatic rings. The number of nitrogens with zero attached hydrogens (tertiary/aromatic N) is 2. The molecule has 0 unspecified atom stereocenters. The van der Waals surface area contributed by atoms with Gasteiger partial charge in [-0.25, -0.2) is 8.42 Å². The molecule has 0 atom stereocenters. The van der Waals surface area contributed by atoms with E-state index >= 15 is 0 Å². The topological polar surface area (TPSA) is 69.7 Å². The van der Waals surface area contributed by atoms with Crippen LogP contribution in [0.5, 0.6) is 0 Å². The number of halogens is 2. The molecule has 24 heavy (non-hydrogen) atoms. The van der Waals surface area contributed by atoms with Crippen molar-refractivity contribution in [3.63, 3.8) is 0 Å². The van der Waals surface area contributed by atoms with Crippen molar-refractivity contribution in [1.29, 1.82) is 0 Å². The van der Waals surface area contributed by atoms with E-state index in [1.165, 1.54) is 0 Å². The fourth-order valence-corrected chi connectivity index (χ4v) is 3.24. The number of likely N-dealkylation sites (N-methyl/N-ethyl adjacent to an activating group) is 1. The van der Waals surface area contributed by atoms with Crippen molar-refractivity contribution in [2.45, 2.75) is 6.42 Å². The van der Waals surface area contributed by atoms with Crippen molar-refractivity contribution < 1.29 is 13.2 Å². The highest BCUT2D eigenvalue weighted by Crippen LogP contribution is 2.21. The summed E-state index contributed by atoms with van der Waals surface area (Å²) in [7, 11) is 0.288. The molecule has 0 saturated carbocycles. The summed E-state index contributed by atoms with van der Waals surface area (Å²) < 4.78 is 24.9. The summed E-state index contributed by atoms with van der Waals surface area (Å²) >= 11 is 11.9. The van der Waals surface area contributed by atoms with Crippen LogP contribution in [0.25, 0.3) is 0 Å². The zero-order valence-corrected chi connectivity index (χ0v) is 16.4. The van der Waals surface area contributed by atoms with Gasteiger partial charge >= 0.3 is 0 Å². The average molecular weight is 396 g/mol. The lowest BCUT2D eigenvalue weighted by Crippen LogP contribution is -2.42. The van der Waals surface area contributed by atoms with Gasteiger partial charge in [0.1, 0.15) is 0 Å². The molecule has 1 N–H and O–H groups in total. The lowest BCUT2D eigenvalue weighted by molar-refractivity contribution is -0.121. The summed E-state index contributed by atoms with van der Waals surface area (Å²) in [6.45, 7) is 1.11. The quantitative estimate of drug-likeness (QED) is 0.687. The first kappa shape index (κ1) is 21.2. The third-order valence-corrected chi connectivity index (χ3v) is 5.15. The summed E-state index contributed by atoms with van der Waals surface area (Å²) in [6.07, 6.45) is 1.48. The van der Waals surface area contributed by atoms with E-state index in [2.05, 4.69) is 5.32 Å². The molecule has 0 radical (unpaired) electrons. The molecule has 0 aromatic heterocycles. The molecular formula is C15H23Cl2N3O3S. The maximum Gasteiger partial charge on any atom is 0.235 e. The average Bonchev–Trinajstić information content (AvgIpc) is 2.43. The Hall–Kier alpha value is -0.860. The van der Waals surface area contributed by atoms with Gasteiger partial charge in [0.25, 0.3) is 0 Å². The van der Waals surface area contributed by atoms with E-state index in [-0.39, 0.29) is 19.0 Å². The number of carbonyl (C=O) groups is 1. The summed E-state index contributed by atoms with van der Waals surface area (Å²) in [5, 5.41) is 3.70. The molecule has 0 aliphatic heterocycles. The van der Waals surface area contributed by atoms with E-state index in [9.17, 15) is 13.2 Å². The van der Waals surface area contributed by atoms with Crippen LogP contribution in [0.4, 0.5) is 0 Å². The first-order chi connectivity index (χ1) is 11.1. The van der Waals surface area contributed by atoms with Crippen LogP contribution in [-0.4, -0.2) is 70.1 Å². The molecular weight excluding hydrogens is 373 g/mol. The fourth-order valence-electron chi connectivity index (χ4n) is 1.97. The lowest BCUT2D eigenvalue weighted by Gasteiger charge is -2.20. The van der Waals surface area contributed by atoms with Crippen LogP contribution < -0.4 is 5.32 Å². The van der Waals surface area contributed by atoms with Crippen LogP contribution in [0.1, 0.15) is 5.56 Å². The van der Waals surface area contributed by atoms with Crippen molar-refractivity contribution in [3.05, 3.63) is 33.8 Å². The van der Waals surface area contributed by atoms with Gasteiger partial charge in [-0.2, -0.15) is 4.31 Å². The van der Waals surface area contributed by atoms with E-state index in [1.54, 1.807) is 18.2 Å². The van der Waals surface area contributed by atoms with Crippen LogP contribution in [0.2, 0.25) is 10.0 Å². The molecule has 0 fully saturated rings. The zero-order valence-electron chi connectivity index (χ0n) is 14.1. The van der Waals surface area contributed by atoms with E-state index in [1.807, 2.05) is 19.0 Å². The minimum atomic E-state index is -3.50. The number of hydrogen-bond donors (Lipinski definition) is 1. The highest BCUT2D eigenvalue weighted by Gasteiger charge is 2.20. The molecule has 0 aliphatic carbocycles. The van der Waals surface area contributed by atoms with E-state index in [0.29, 0.717) is 29.6 Å². The number of carbonyl (C=O) groups excluding carboxylic acids is 1. The standard InChI is InChI=1S/C15H23Cl2N3O3S/c1-19(2)9-7-18-15(21)11-20(24(3,22)23)8-6-12-4-5-13(16)10-14(12)17/h4-5,10H,6-9,11H2,1-3H3,(H,18,21). The van der Waals surface area contributed by atoms with Crippen molar-refractivity contribution in [2.75, 3.05) is 46.5 Å². The van der Waals surface area contributed by atoms with Crippen molar-refractivity contribution in [2.24, 2.45) is 0 Å². The van der Waals surface area contributed by atoms with Gasteiger partial charge in [0.15, 0.2) is 0 Å². The van der Waals surface area contributed by atoms with Crippen LogP contribution in [0.3, 0.4) is 0 Å². The number of nitrogens with one attached hydrogen (secondary N) is 1. The predicted octanol–water partition coefficient (Wildman–Crippen LogP) is 1.48. The Morgan fingerprint density at radius 3 is 2.42 bits per heavy atom. The number of hydrogen-bond acceptors (Lipinski definition) is 4. The molecule has 0 bridgehead atoms. The van der Waals surface area contributed by atoms with Crippen LogP contribution in [0, 0.1) is 0 Å². The van der Waals surface area contributed by atoms with E-state index < -0.39 is 10.0 Å². The van der Waals surface area contributed by atoms with Crippen LogP contribution >= 0.6 is 23.2 Å². The van der Waals surface area contributed by atoms with E-state index in [4.69, 9.17) is 23.2 Å². The third kappa shape index (κ3) is 7.81. The molecule has 1 aromatic rings. The Labute approximate surface area is 153 Å². The van der Waals surface area contributed by atoms with Gasteiger partial charge in [-0.3, -0.25) is 4.79 Å². The number of sulfonamides is 1. The summed E-state index contributed by atoms with van der Waals surface area (Å²) in [4.78, 5) is 13.9. The molecule has 0 saturated heterocycles. The smallest absolute Gasteiger partial charge is 0.235 e. The second-order valence-corrected chi connectivity index (χ2v) is 8.56. The van der Waals surface area contributed by atoms with Crippen molar-refractivity contribution >= 4 is 39.1 Å². The molecule has 0 heterocycles. The maximum absolute atomic E-state index is 11.9. The van der Waals surface area contributed by atoms with Gasteiger partial charge in [0, 0.05) is 29.7 Å². The molecule has 6 nitrogen and oxygen atoms in total. The number of amides is 1. The Morgan fingerprint density at radius 1 is 1.21 bits per heavy atom. The molecule has 1 rings (SSSR count). The lowest BCUT2D eigenvalue weighted by atomic mass is 10.1. The van der Waals surface area contributed by atoms with Crippen LogP contribution in [0.15, 0.2) is 18.2 Å². The second kappa shape index (κ2) is 9.58. The van der Waals surface area contributed by atoms with Gasteiger partial charge in [0.05, 0.1) is 12.8 Å². The third-order valence-electron chi connectivity index (χ3n) is 3.32. The predicted molar refractivity (Wildman–Crippen MR) is 98.1 cm³/mol. The first-order valence-electron chi connectivity index (χ1n) is 7.40. The Morgan fingerprint density at radius 2 is 1.88 bits per heavy atom. The highest BCUT2D eigenvalue weighted by atomic mass is 35.5. The summed E-state index contributed by atoms with van der Waals surface area (Å²) in [6, 6.07) is 5.06. The minimum absolute atomic E-state index is 0.168. The highest BCUT2D eigenvalue weighted by molar-refractivity contribution is 7.88. The Bertz CT molecular complexity index is 666. The van der Waals surface area contributed by atoms with Gasteiger partial charge < -0.3 is 10.2 Å². The second-order valence-electron chi connectivity index (χ2n) is 5.74. The SMILES string of the molecule is CN(C)CCNC(=O)CN(CCc1ccc(Cl)cc1Cl)S(C)(=O)=O. The number of benzene rings is 1. The molecule has 136 valence electrons. The Kier molecular flexibility index (Phi) is 8.45. The monoisotopic (exact) mass is 395 g/mol. The molecule has 0 spiro atoms. The van der Waals surface area contributed by atoms with Gasteiger partial charge in [-0.15, -0.1) is 0 Å². The summed E-state index contributed by atoms with van der Waals surface area (Å²) in [5.41, 5.74) is 0.780. The number of rotatable bonds is 9. The molecule has 9 heteroatoms. The van der Waals surface area contributed by atoms with Gasteiger partial charge in [-0.05, 0) is 38.2 Å². The zero-order chi connectivity index (χ0) is 18.3. The molecule has 1 amide bonds. The van der Waals surface area contributed by atoms with Gasteiger partial charge in [-0.1, -0.05) is 29.3 Å². The largest absolute Gasteiger partial charge is 0.354 e. The van der Waals surface area contributed by atoms with Crippen molar-refractivity contribution in [1.82, 2.24) is 14.5 Å². The van der Waals surface area contributed by atoms with Crippen LogP contribution in [-0.2, 0) is 21.2 Å². The maximum atomic E-state index is 11.9. The summed E-state index contributed by atoms with van der Waals surface area (Å²) in [5.74, 6) is -0.329. The fraction of sp³-hybridized carbons (Fsp3) is 0.533. The van der Waals surface area contributed by atoms with Crippen molar-refractivity contribution in [3.8, 4) is 0 Å². The normalized spacial score (nSPS) is 12.0. The van der Waals surface area contributed by atoms with E-state index in [0.717, 1.165) is 16.1 Å².